The van der Waals surface area contributed by atoms with E-state index in [4.69, 9.17) is 11.6 Å². The van der Waals surface area contributed by atoms with Crippen LogP contribution in [-0.2, 0) is 10.0 Å². The second-order valence-electron chi connectivity index (χ2n) is 4.37. The highest BCUT2D eigenvalue weighted by atomic mass is 35.5. The average molecular weight is 326 g/mol. The molecule has 0 aliphatic rings. The SMILES string of the molecule is CCCNc1cccnc1S(=O)(=O)Nc1ccccc1Cl. The second-order valence-corrected chi connectivity index (χ2v) is 6.37. The van der Waals surface area contributed by atoms with Crippen LogP contribution in [0.1, 0.15) is 13.3 Å². The van der Waals surface area contributed by atoms with Gasteiger partial charge in [0.25, 0.3) is 10.0 Å². The summed E-state index contributed by atoms with van der Waals surface area (Å²) in [6.07, 6.45) is 2.32. The summed E-state index contributed by atoms with van der Waals surface area (Å²) >= 11 is 5.98. The number of aromatic nitrogens is 1. The quantitative estimate of drug-likeness (QED) is 0.854. The molecule has 7 heteroatoms. The molecule has 5 nitrogen and oxygen atoms in total. The molecule has 0 aliphatic carbocycles. The van der Waals surface area contributed by atoms with Crippen LogP contribution in [-0.4, -0.2) is 19.9 Å². The molecular weight excluding hydrogens is 310 g/mol. The molecule has 0 aliphatic heterocycles. The predicted molar refractivity (Wildman–Crippen MR) is 85.3 cm³/mol. The summed E-state index contributed by atoms with van der Waals surface area (Å²) in [4.78, 5) is 3.97. The number of anilines is 2. The monoisotopic (exact) mass is 325 g/mol. The Morgan fingerprint density at radius 3 is 2.57 bits per heavy atom. The van der Waals surface area contributed by atoms with Crippen molar-refractivity contribution in [3.63, 3.8) is 0 Å². The van der Waals surface area contributed by atoms with Crippen LogP contribution in [0.2, 0.25) is 5.02 Å². The summed E-state index contributed by atoms with van der Waals surface area (Å²) in [5, 5.41) is 3.35. The van der Waals surface area contributed by atoms with Crippen LogP contribution in [0.5, 0.6) is 0 Å². The fraction of sp³-hybridized carbons (Fsp3) is 0.214. The van der Waals surface area contributed by atoms with E-state index in [-0.39, 0.29) is 5.03 Å². The molecule has 1 aromatic carbocycles. The van der Waals surface area contributed by atoms with E-state index in [0.717, 1.165) is 6.42 Å². The molecule has 2 N–H and O–H groups in total. The zero-order valence-electron chi connectivity index (χ0n) is 11.5. The first-order valence-electron chi connectivity index (χ1n) is 6.51. The van der Waals surface area contributed by atoms with E-state index in [2.05, 4.69) is 15.0 Å². The van der Waals surface area contributed by atoms with Gasteiger partial charge in [0, 0.05) is 12.7 Å². The van der Waals surface area contributed by atoms with Gasteiger partial charge >= 0.3 is 0 Å². The fourth-order valence-corrected chi connectivity index (χ4v) is 3.17. The average Bonchev–Trinajstić information content (AvgIpc) is 2.47. The number of pyridine rings is 1. The third-order valence-corrected chi connectivity index (χ3v) is 4.36. The van der Waals surface area contributed by atoms with Gasteiger partial charge in [-0.1, -0.05) is 30.7 Å². The third-order valence-electron chi connectivity index (χ3n) is 2.71. The topological polar surface area (TPSA) is 71.1 Å². The van der Waals surface area contributed by atoms with Gasteiger partial charge in [0.1, 0.15) is 0 Å². The van der Waals surface area contributed by atoms with Crippen LogP contribution in [0.3, 0.4) is 0 Å². The normalized spacial score (nSPS) is 11.1. The predicted octanol–water partition coefficient (Wildman–Crippen LogP) is 3.36. The second kappa shape index (κ2) is 6.78. The number of hydrogen-bond donors (Lipinski definition) is 2. The van der Waals surface area contributed by atoms with E-state index in [0.29, 0.717) is 22.9 Å². The molecule has 21 heavy (non-hydrogen) atoms. The number of rotatable bonds is 6. The highest BCUT2D eigenvalue weighted by Gasteiger charge is 2.21. The first kappa shape index (κ1) is 15.6. The molecule has 112 valence electrons. The zero-order chi connectivity index (χ0) is 15.3. The maximum atomic E-state index is 12.5. The maximum absolute atomic E-state index is 12.5. The van der Waals surface area contributed by atoms with Crippen LogP contribution < -0.4 is 10.0 Å². The van der Waals surface area contributed by atoms with Gasteiger partial charge in [-0.3, -0.25) is 4.72 Å². The van der Waals surface area contributed by atoms with Crippen molar-refractivity contribution in [3.8, 4) is 0 Å². The summed E-state index contributed by atoms with van der Waals surface area (Å²) < 4.78 is 27.4. The maximum Gasteiger partial charge on any atom is 0.281 e. The van der Waals surface area contributed by atoms with E-state index < -0.39 is 10.0 Å². The van der Waals surface area contributed by atoms with Crippen molar-refractivity contribution < 1.29 is 8.42 Å². The van der Waals surface area contributed by atoms with Gasteiger partial charge < -0.3 is 5.32 Å². The Morgan fingerprint density at radius 2 is 1.86 bits per heavy atom. The number of para-hydroxylation sites is 1. The molecule has 1 aromatic heterocycles. The van der Waals surface area contributed by atoms with Crippen LogP contribution in [0.4, 0.5) is 11.4 Å². The third kappa shape index (κ3) is 3.86. The van der Waals surface area contributed by atoms with Gasteiger partial charge in [-0.05, 0) is 30.7 Å². The number of sulfonamides is 1. The molecule has 0 bridgehead atoms. The Kier molecular flexibility index (Phi) is 5.03. The molecular formula is C14H16ClN3O2S. The Balaban J connectivity index is 2.34. The molecule has 0 fully saturated rings. The van der Waals surface area contributed by atoms with Crippen molar-refractivity contribution in [1.29, 1.82) is 0 Å². The Hall–Kier alpha value is -1.79. The van der Waals surface area contributed by atoms with Gasteiger partial charge in [0.05, 0.1) is 16.4 Å². The van der Waals surface area contributed by atoms with Gasteiger partial charge in [0.15, 0.2) is 5.03 Å². The summed E-state index contributed by atoms with van der Waals surface area (Å²) in [6, 6.07) is 10.0. The van der Waals surface area contributed by atoms with Gasteiger partial charge in [-0.15, -0.1) is 0 Å². The molecule has 2 rings (SSSR count). The lowest BCUT2D eigenvalue weighted by Gasteiger charge is -2.13. The summed E-state index contributed by atoms with van der Waals surface area (Å²) in [7, 11) is -3.80. The van der Waals surface area contributed by atoms with Gasteiger partial charge in [0.2, 0.25) is 0 Å². The van der Waals surface area contributed by atoms with E-state index in [1.54, 1.807) is 36.4 Å². The summed E-state index contributed by atoms with van der Waals surface area (Å²) in [5.41, 5.74) is 0.796. The van der Waals surface area contributed by atoms with E-state index in [1.165, 1.54) is 6.20 Å². The van der Waals surface area contributed by atoms with E-state index in [9.17, 15) is 8.42 Å². The van der Waals surface area contributed by atoms with Crippen LogP contribution >= 0.6 is 11.6 Å². The van der Waals surface area contributed by atoms with Crippen molar-refractivity contribution in [2.24, 2.45) is 0 Å². The lowest BCUT2D eigenvalue weighted by Crippen LogP contribution is -2.17. The summed E-state index contributed by atoms with van der Waals surface area (Å²) in [6.45, 7) is 2.67. The number of nitrogens with one attached hydrogen (secondary N) is 2. The smallest absolute Gasteiger partial charge is 0.281 e. The van der Waals surface area contributed by atoms with Crippen molar-refractivity contribution in [2.45, 2.75) is 18.4 Å². The van der Waals surface area contributed by atoms with Crippen LogP contribution in [0, 0.1) is 0 Å². The van der Waals surface area contributed by atoms with E-state index >= 15 is 0 Å². The van der Waals surface area contributed by atoms with Gasteiger partial charge in [-0.25, -0.2) is 4.98 Å². The Morgan fingerprint density at radius 1 is 1.14 bits per heavy atom. The van der Waals surface area contributed by atoms with Crippen LogP contribution in [0.25, 0.3) is 0 Å². The minimum atomic E-state index is -3.80. The van der Waals surface area contributed by atoms with Crippen molar-refractivity contribution >= 4 is 33.0 Å². The molecule has 0 spiro atoms. The van der Waals surface area contributed by atoms with Crippen molar-refractivity contribution in [3.05, 3.63) is 47.6 Å². The first-order valence-corrected chi connectivity index (χ1v) is 8.37. The molecule has 0 saturated heterocycles. The van der Waals surface area contributed by atoms with Crippen molar-refractivity contribution in [2.75, 3.05) is 16.6 Å². The minimum Gasteiger partial charge on any atom is -0.383 e. The number of benzene rings is 1. The molecule has 0 unspecified atom stereocenters. The highest BCUT2D eigenvalue weighted by Crippen LogP contribution is 2.25. The standard InChI is InChI=1S/C14H16ClN3O2S/c1-2-9-16-13-8-5-10-17-14(13)21(19,20)18-12-7-4-3-6-11(12)15/h3-8,10,16,18H,2,9H2,1H3. The number of nitrogens with zero attached hydrogens (tertiary/aromatic N) is 1. The number of hydrogen-bond acceptors (Lipinski definition) is 4. The lowest BCUT2D eigenvalue weighted by molar-refractivity contribution is 0.598. The molecule has 0 radical (unpaired) electrons. The highest BCUT2D eigenvalue weighted by molar-refractivity contribution is 7.92. The lowest BCUT2D eigenvalue weighted by atomic mass is 10.3. The molecule has 0 atom stereocenters. The van der Waals surface area contributed by atoms with Crippen LogP contribution in [0.15, 0.2) is 47.6 Å². The first-order chi connectivity index (χ1) is 10.0. The largest absolute Gasteiger partial charge is 0.383 e. The molecule has 0 amide bonds. The molecule has 1 heterocycles. The van der Waals surface area contributed by atoms with E-state index in [1.807, 2.05) is 6.92 Å². The van der Waals surface area contributed by atoms with Gasteiger partial charge in [-0.2, -0.15) is 8.42 Å². The zero-order valence-corrected chi connectivity index (χ0v) is 13.1. The van der Waals surface area contributed by atoms with Crippen molar-refractivity contribution in [1.82, 2.24) is 4.98 Å². The Labute approximate surface area is 129 Å². The number of halogens is 1. The Bertz CT molecular complexity index is 720. The summed E-state index contributed by atoms with van der Waals surface area (Å²) in [5.74, 6) is 0. The molecule has 0 saturated carbocycles. The minimum absolute atomic E-state index is 0.0432. The molecule has 2 aromatic rings. The fourth-order valence-electron chi connectivity index (χ4n) is 1.74.